The van der Waals surface area contributed by atoms with Gasteiger partial charge < -0.3 is 14.9 Å². The lowest BCUT2D eigenvalue weighted by Gasteiger charge is -2.34. The molecule has 1 fully saturated rings. The second-order valence-electron chi connectivity index (χ2n) is 8.81. The van der Waals surface area contributed by atoms with Crippen molar-refractivity contribution in [2.24, 2.45) is 5.92 Å². The lowest BCUT2D eigenvalue weighted by Crippen LogP contribution is -2.46. The van der Waals surface area contributed by atoms with Gasteiger partial charge in [-0.2, -0.15) is 0 Å². The molecule has 1 N–H and O–H groups in total. The van der Waals surface area contributed by atoms with Crippen LogP contribution in [0.15, 0.2) is 24.3 Å². The number of benzene rings is 1. The summed E-state index contributed by atoms with van der Waals surface area (Å²) in [5.41, 5.74) is 2.08. The Kier molecular flexibility index (Phi) is 8.70. The smallest absolute Gasteiger partial charge is 0.236 e. The number of anilines is 1. The van der Waals surface area contributed by atoms with Crippen LogP contribution in [0.2, 0.25) is 0 Å². The fourth-order valence-corrected chi connectivity index (χ4v) is 4.68. The molecule has 1 unspecified atom stereocenters. The number of fused-ring (bicyclic) bond motifs is 1. The summed E-state index contributed by atoms with van der Waals surface area (Å²) in [4.78, 5) is 31.4. The van der Waals surface area contributed by atoms with E-state index in [-0.39, 0.29) is 24.3 Å². The van der Waals surface area contributed by atoms with Crippen molar-refractivity contribution < 1.29 is 14.7 Å². The van der Waals surface area contributed by atoms with Crippen molar-refractivity contribution in [1.29, 1.82) is 0 Å². The number of para-hydroxylation sites is 1. The Morgan fingerprint density at radius 3 is 2.50 bits per heavy atom. The second-order valence-corrected chi connectivity index (χ2v) is 8.81. The Morgan fingerprint density at radius 1 is 1.00 bits per heavy atom. The van der Waals surface area contributed by atoms with E-state index in [0.29, 0.717) is 19.6 Å². The Hall–Kier alpha value is -1.92. The quantitative estimate of drug-likeness (QED) is 0.824. The first kappa shape index (κ1) is 22.8. The van der Waals surface area contributed by atoms with Gasteiger partial charge in [0.2, 0.25) is 11.8 Å². The van der Waals surface area contributed by atoms with Gasteiger partial charge >= 0.3 is 0 Å². The highest BCUT2D eigenvalue weighted by molar-refractivity contribution is 5.92. The van der Waals surface area contributed by atoms with Gasteiger partial charge in [-0.05, 0) is 49.8 Å². The van der Waals surface area contributed by atoms with Crippen molar-refractivity contribution >= 4 is 17.5 Å². The summed E-state index contributed by atoms with van der Waals surface area (Å²) < 4.78 is 0. The van der Waals surface area contributed by atoms with Gasteiger partial charge in [-0.15, -0.1) is 0 Å². The van der Waals surface area contributed by atoms with Crippen molar-refractivity contribution in [1.82, 2.24) is 9.80 Å². The van der Waals surface area contributed by atoms with Crippen molar-refractivity contribution in [2.45, 2.75) is 58.4 Å². The number of aliphatic hydroxyl groups excluding tert-OH is 1. The topological polar surface area (TPSA) is 64.1 Å². The number of carbonyl (C=O) groups excluding carboxylic acids is 2. The Labute approximate surface area is 180 Å². The highest BCUT2D eigenvalue weighted by Gasteiger charge is 2.25. The molecule has 0 aliphatic carbocycles. The van der Waals surface area contributed by atoms with E-state index in [2.05, 4.69) is 11.0 Å². The van der Waals surface area contributed by atoms with E-state index in [9.17, 15) is 14.7 Å². The highest BCUT2D eigenvalue weighted by Crippen LogP contribution is 2.24. The predicted octanol–water partition coefficient (Wildman–Crippen LogP) is 3.04. The van der Waals surface area contributed by atoms with Gasteiger partial charge in [0, 0.05) is 45.4 Å². The minimum atomic E-state index is 0.0745. The number of hydrogen-bond acceptors (Lipinski definition) is 4. The minimum absolute atomic E-state index is 0.0745. The molecular weight excluding hydrogens is 378 g/mol. The van der Waals surface area contributed by atoms with Crippen LogP contribution in [0.5, 0.6) is 0 Å². The van der Waals surface area contributed by atoms with Gasteiger partial charge in [0.05, 0.1) is 6.54 Å². The molecular formula is C24H37N3O3. The van der Waals surface area contributed by atoms with Crippen LogP contribution in [0.25, 0.3) is 0 Å². The Balaban J connectivity index is 1.76. The molecule has 0 radical (unpaired) electrons. The summed E-state index contributed by atoms with van der Waals surface area (Å²) in [6.07, 6.45) is 7.53. The van der Waals surface area contributed by atoms with Gasteiger partial charge in [0.15, 0.2) is 0 Å². The molecule has 30 heavy (non-hydrogen) atoms. The summed E-state index contributed by atoms with van der Waals surface area (Å²) >= 11 is 0. The number of aliphatic hydroxyl groups is 1. The van der Waals surface area contributed by atoms with Crippen LogP contribution in [0, 0.1) is 5.92 Å². The lowest BCUT2D eigenvalue weighted by molar-refractivity contribution is -0.134. The molecule has 1 atom stereocenters. The maximum Gasteiger partial charge on any atom is 0.236 e. The predicted molar refractivity (Wildman–Crippen MR) is 119 cm³/mol. The molecule has 1 aromatic carbocycles. The molecule has 1 aromatic rings. The van der Waals surface area contributed by atoms with Gasteiger partial charge in [0.1, 0.15) is 0 Å². The van der Waals surface area contributed by atoms with Gasteiger partial charge in [0.25, 0.3) is 0 Å². The molecule has 2 amide bonds. The fraction of sp³-hybridized carbons (Fsp3) is 0.667. The number of hydrogen-bond donors (Lipinski definition) is 1. The third kappa shape index (κ3) is 6.29. The van der Waals surface area contributed by atoms with E-state index in [1.807, 2.05) is 28.0 Å². The average Bonchev–Trinajstić information content (AvgIpc) is 2.75. The molecule has 2 aliphatic rings. The SMILES string of the molecule is CC(=O)N1CCCCCCCN(CC(=O)N2CCCC(CO)C2)Cc2ccccc21. The summed E-state index contributed by atoms with van der Waals surface area (Å²) in [6.45, 7) is 5.95. The molecule has 3 rings (SSSR count). The van der Waals surface area contributed by atoms with E-state index >= 15 is 0 Å². The standard InChI is InChI=1S/C24H37N3O3/c1-20(29)27-15-8-4-2-3-7-13-25(17-22-11-5-6-12-23(22)27)18-24(30)26-14-9-10-21(16-26)19-28/h5-6,11-12,21,28H,2-4,7-10,13-19H2,1H3. The Bertz CT molecular complexity index is 709. The van der Waals surface area contributed by atoms with Crippen molar-refractivity contribution in [2.75, 3.05) is 44.2 Å². The van der Waals surface area contributed by atoms with E-state index in [1.54, 1.807) is 6.92 Å². The summed E-state index contributed by atoms with van der Waals surface area (Å²) in [7, 11) is 0. The molecule has 0 bridgehead atoms. The van der Waals surface area contributed by atoms with Crippen LogP contribution in [-0.4, -0.2) is 66.1 Å². The first-order chi connectivity index (χ1) is 14.6. The largest absolute Gasteiger partial charge is 0.396 e. The fourth-order valence-electron chi connectivity index (χ4n) is 4.68. The van der Waals surface area contributed by atoms with Gasteiger partial charge in [-0.3, -0.25) is 14.5 Å². The van der Waals surface area contributed by atoms with E-state index in [4.69, 9.17) is 0 Å². The molecule has 6 heteroatoms. The number of rotatable bonds is 3. The maximum atomic E-state index is 13.0. The highest BCUT2D eigenvalue weighted by atomic mass is 16.3. The van der Waals surface area contributed by atoms with Crippen LogP contribution in [0.4, 0.5) is 5.69 Å². The van der Waals surface area contributed by atoms with E-state index in [0.717, 1.165) is 69.4 Å². The minimum Gasteiger partial charge on any atom is -0.396 e. The van der Waals surface area contributed by atoms with Crippen LogP contribution < -0.4 is 4.90 Å². The molecule has 166 valence electrons. The van der Waals surface area contributed by atoms with Crippen molar-refractivity contribution in [3.8, 4) is 0 Å². The second kappa shape index (κ2) is 11.5. The van der Waals surface area contributed by atoms with Gasteiger partial charge in [-0.25, -0.2) is 0 Å². The summed E-state index contributed by atoms with van der Waals surface area (Å²) in [5, 5.41) is 9.49. The van der Waals surface area contributed by atoms with E-state index < -0.39 is 0 Å². The molecule has 2 heterocycles. The first-order valence-electron chi connectivity index (χ1n) is 11.6. The lowest BCUT2D eigenvalue weighted by atomic mass is 9.99. The third-order valence-electron chi connectivity index (χ3n) is 6.40. The average molecular weight is 416 g/mol. The van der Waals surface area contributed by atoms with E-state index in [1.165, 1.54) is 6.42 Å². The number of nitrogens with zero attached hydrogens (tertiary/aromatic N) is 3. The van der Waals surface area contributed by atoms with Crippen molar-refractivity contribution in [3.63, 3.8) is 0 Å². The zero-order valence-electron chi connectivity index (χ0n) is 18.4. The third-order valence-corrected chi connectivity index (χ3v) is 6.40. The van der Waals surface area contributed by atoms with Crippen molar-refractivity contribution in [3.05, 3.63) is 29.8 Å². The number of carbonyl (C=O) groups is 2. The monoisotopic (exact) mass is 415 g/mol. The molecule has 6 nitrogen and oxygen atoms in total. The number of piperidine rings is 1. The zero-order valence-corrected chi connectivity index (χ0v) is 18.4. The summed E-state index contributed by atoms with van der Waals surface area (Å²) in [6, 6.07) is 8.11. The number of amides is 2. The maximum absolute atomic E-state index is 13.0. The summed E-state index contributed by atoms with van der Waals surface area (Å²) in [5.74, 6) is 0.436. The molecule has 2 aliphatic heterocycles. The molecule has 1 saturated heterocycles. The Morgan fingerprint density at radius 2 is 1.73 bits per heavy atom. The molecule has 0 aromatic heterocycles. The first-order valence-corrected chi connectivity index (χ1v) is 11.6. The number of likely N-dealkylation sites (tertiary alicyclic amines) is 1. The molecule has 0 saturated carbocycles. The van der Waals surface area contributed by atoms with Crippen LogP contribution in [-0.2, 0) is 16.1 Å². The van der Waals surface area contributed by atoms with Gasteiger partial charge in [-0.1, -0.05) is 37.5 Å². The zero-order chi connectivity index (χ0) is 21.3. The molecule has 0 spiro atoms. The van der Waals surface area contributed by atoms with Crippen LogP contribution >= 0.6 is 0 Å². The normalized spacial score (nSPS) is 22.0. The van der Waals surface area contributed by atoms with Crippen LogP contribution in [0.3, 0.4) is 0 Å². The van der Waals surface area contributed by atoms with Crippen LogP contribution in [0.1, 0.15) is 57.4 Å².